The maximum Gasteiger partial charge on any atom is 0.153 e. The standard InChI is InChI=1S/C11H12BrClN4S/c1-17-10(11(12)15-16-17)9(14)6-18-8-4-2-3-7(13)5-8/h2-5,9H,6,14H2,1H3. The highest BCUT2D eigenvalue weighted by Crippen LogP contribution is 2.27. The first kappa shape index (κ1) is 13.9. The van der Waals surface area contributed by atoms with Crippen LogP contribution in [-0.4, -0.2) is 20.7 Å². The molecule has 0 bridgehead atoms. The van der Waals surface area contributed by atoms with Gasteiger partial charge in [-0.2, -0.15) is 0 Å². The molecule has 1 unspecified atom stereocenters. The van der Waals surface area contributed by atoms with E-state index in [1.807, 2.05) is 31.3 Å². The van der Waals surface area contributed by atoms with E-state index in [1.54, 1.807) is 16.4 Å². The molecule has 1 aromatic heterocycles. The third kappa shape index (κ3) is 3.26. The number of hydrogen-bond donors (Lipinski definition) is 1. The number of rotatable bonds is 4. The van der Waals surface area contributed by atoms with E-state index in [4.69, 9.17) is 17.3 Å². The Morgan fingerprint density at radius 1 is 1.56 bits per heavy atom. The summed E-state index contributed by atoms with van der Waals surface area (Å²) in [6.45, 7) is 0. The van der Waals surface area contributed by atoms with Gasteiger partial charge in [0.2, 0.25) is 0 Å². The van der Waals surface area contributed by atoms with E-state index >= 15 is 0 Å². The molecule has 0 saturated heterocycles. The molecule has 1 aromatic carbocycles. The molecular weight excluding hydrogens is 336 g/mol. The van der Waals surface area contributed by atoms with Crippen molar-refractivity contribution in [1.82, 2.24) is 15.0 Å². The van der Waals surface area contributed by atoms with Gasteiger partial charge in [0.25, 0.3) is 0 Å². The SMILES string of the molecule is Cn1nnc(Br)c1C(N)CSc1cccc(Cl)c1. The van der Waals surface area contributed by atoms with Gasteiger partial charge in [-0.1, -0.05) is 22.9 Å². The van der Waals surface area contributed by atoms with E-state index in [2.05, 4.69) is 26.2 Å². The molecule has 0 aliphatic rings. The highest BCUT2D eigenvalue weighted by molar-refractivity contribution is 9.10. The first-order valence-corrected chi connectivity index (χ1v) is 7.42. The average Bonchev–Trinajstić information content (AvgIpc) is 2.66. The van der Waals surface area contributed by atoms with Crippen molar-refractivity contribution in [2.24, 2.45) is 12.8 Å². The van der Waals surface area contributed by atoms with Crippen molar-refractivity contribution in [3.8, 4) is 0 Å². The second-order valence-electron chi connectivity index (χ2n) is 3.76. The topological polar surface area (TPSA) is 56.7 Å². The van der Waals surface area contributed by atoms with Crippen molar-refractivity contribution >= 4 is 39.3 Å². The third-order valence-electron chi connectivity index (χ3n) is 2.40. The predicted molar refractivity (Wildman–Crippen MR) is 77.8 cm³/mol. The predicted octanol–water partition coefficient (Wildman–Crippen LogP) is 3.02. The van der Waals surface area contributed by atoms with Gasteiger partial charge in [-0.25, -0.2) is 4.68 Å². The normalized spacial score (nSPS) is 12.7. The second kappa shape index (κ2) is 6.06. The number of nitrogens with two attached hydrogens (primary N) is 1. The zero-order chi connectivity index (χ0) is 13.1. The van der Waals surface area contributed by atoms with Gasteiger partial charge < -0.3 is 5.73 Å². The number of benzene rings is 1. The minimum atomic E-state index is -0.136. The third-order valence-corrected chi connectivity index (χ3v) is 4.32. The van der Waals surface area contributed by atoms with Crippen LogP contribution in [0.5, 0.6) is 0 Å². The fourth-order valence-corrected chi connectivity index (χ4v) is 3.35. The number of aromatic nitrogens is 3. The van der Waals surface area contributed by atoms with Crippen LogP contribution >= 0.6 is 39.3 Å². The van der Waals surface area contributed by atoms with E-state index in [-0.39, 0.29) is 6.04 Å². The summed E-state index contributed by atoms with van der Waals surface area (Å²) < 4.78 is 2.39. The fraction of sp³-hybridized carbons (Fsp3) is 0.273. The van der Waals surface area contributed by atoms with Crippen molar-refractivity contribution in [2.45, 2.75) is 10.9 Å². The maximum atomic E-state index is 6.14. The van der Waals surface area contributed by atoms with E-state index in [0.29, 0.717) is 4.60 Å². The van der Waals surface area contributed by atoms with Crippen LogP contribution in [0.2, 0.25) is 5.02 Å². The molecule has 96 valence electrons. The molecule has 0 aliphatic carbocycles. The lowest BCUT2D eigenvalue weighted by Crippen LogP contribution is -2.17. The van der Waals surface area contributed by atoms with Crippen LogP contribution in [-0.2, 0) is 7.05 Å². The largest absolute Gasteiger partial charge is 0.322 e. The monoisotopic (exact) mass is 346 g/mol. The molecule has 0 saturated carbocycles. The quantitative estimate of drug-likeness (QED) is 0.864. The molecule has 0 fully saturated rings. The Labute approximate surface area is 123 Å². The molecule has 0 spiro atoms. The lowest BCUT2D eigenvalue weighted by atomic mass is 10.3. The molecule has 0 radical (unpaired) electrons. The number of hydrogen-bond acceptors (Lipinski definition) is 4. The Hall–Kier alpha value is -0.560. The van der Waals surface area contributed by atoms with E-state index in [1.165, 1.54) is 0 Å². The maximum absolute atomic E-state index is 6.14. The first-order valence-electron chi connectivity index (χ1n) is 5.27. The Kier molecular flexibility index (Phi) is 4.66. The summed E-state index contributed by atoms with van der Waals surface area (Å²) in [5.74, 6) is 0.736. The molecule has 2 aromatic rings. The van der Waals surface area contributed by atoms with Gasteiger partial charge in [0.1, 0.15) is 0 Å². The first-order chi connectivity index (χ1) is 8.58. The number of nitrogens with zero attached hydrogens (tertiary/aromatic N) is 3. The van der Waals surface area contributed by atoms with Gasteiger partial charge in [-0.15, -0.1) is 16.9 Å². The molecule has 0 aliphatic heterocycles. The molecule has 0 amide bonds. The molecule has 1 atom stereocenters. The van der Waals surface area contributed by atoms with Crippen LogP contribution in [0.3, 0.4) is 0 Å². The summed E-state index contributed by atoms with van der Waals surface area (Å²) >= 11 is 10.9. The van der Waals surface area contributed by atoms with Gasteiger partial charge in [0.15, 0.2) is 4.60 Å². The molecule has 7 heteroatoms. The summed E-state index contributed by atoms with van der Waals surface area (Å²) in [4.78, 5) is 1.10. The van der Waals surface area contributed by atoms with Gasteiger partial charge >= 0.3 is 0 Å². The summed E-state index contributed by atoms with van der Waals surface area (Å²) in [7, 11) is 1.83. The van der Waals surface area contributed by atoms with Crippen LogP contribution in [0.25, 0.3) is 0 Å². The van der Waals surface area contributed by atoms with E-state index in [0.717, 1.165) is 21.4 Å². The van der Waals surface area contributed by atoms with Crippen LogP contribution in [0.1, 0.15) is 11.7 Å². The average molecular weight is 348 g/mol. The van der Waals surface area contributed by atoms with Gasteiger partial charge in [-0.3, -0.25) is 0 Å². The summed E-state index contributed by atoms with van der Waals surface area (Å²) in [6.07, 6.45) is 0. The molecule has 2 N–H and O–H groups in total. The molecular formula is C11H12BrClN4S. The lowest BCUT2D eigenvalue weighted by molar-refractivity contribution is 0.640. The molecule has 4 nitrogen and oxygen atoms in total. The van der Waals surface area contributed by atoms with E-state index in [9.17, 15) is 0 Å². The van der Waals surface area contributed by atoms with Gasteiger partial charge in [0.05, 0.1) is 11.7 Å². The van der Waals surface area contributed by atoms with Crippen molar-refractivity contribution < 1.29 is 0 Å². The smallest absolute Gasteiger partial charge is 0.153 e. The minimum absolute atomic E-state index is 0.136. The zero-order valence-electron chi connectivity index (χ0n) is 9.68. The molecule has 1 heterocycles. The number of aryl methyl sites for hydroxylation is 1. The highest BCUT2D eigenvalue weighted by atomic mass is 79.9. The van der Waals surface area contributed by atoms with Gasteiger partial charge in [-0.05, 0) is 34.1 Å². The summed E-state index contributed by atoms with van der Waals surface area (Å²) in [5, 5.41) is 8.57. The lowest BCUT2D eigenvalue weighted by Gasteiger charge is -2.11. The van der Waals surface area contributed by atoms with Crippen molar-refractivity contribution in [2.75, 3.05) is 5.75 Å². The van der Waals surface area contributed by atoms with Gasteiger partial charge in [0, 0.05) is 22.7 Å². The second-order valence-corrected chi connectivity index (χ2v) is 6.04. The summed E-state index contributed by atoms with van der Waals surface area (Å²) in [6, 6.07) is 7.59. The van der Waals surface area contributed by atoms with Crippen LogP contribution in [0, 0.1) is 0 Å². The Bertz CT molecular complexity index is 526. The Morgan fingerprint density at radius 3 is 2.94 bits per heavy atom. The van der Waals surface area contributed by atoms with Crippen LogP contribution < -0.4 is 5.73 Å². The van der Waals surface area contributed by atoms with Crippen molar-refractivity contribution in [3.05, 3.63) is 39.6 Å². The minimum Gasteiger partial charge on any atom is -0.322 e. The molecule has 18 heavy (non-hydrogen) atoms. The summed E-state index contributed by atoms with van der Waals surface area (Å²) in [5.41, 5.74) is 7.04. The van der Waals surface area contributed by atoms with Crippen LogP contribution in [0.4, 0.5) is 0 Å². The van der Waals surface area contributed by atoms with Crippen molar-refractivity contribution in [1.29, 1.82) is 0 Å². The number of thioether (sulfide) groups is 1. The zero-order valence-corrected chi connectivity index (χ0v) is 12.8. The van der Waals surface area contributed by atoms with E-state index < -0.39 is 0 Å². The fourth-order valence-electron chi connectivity index (χ4n) is 1.55. The van der Waals surface area contributed by atoms with Crippen molar-refractivity contribution in [3.63, 3.8) is 0 Å². The van der Waals surface area contributed by atoms with Crippen LogP contribution in [0.15, 0.2) is 33.8 Å². The molecule has 2 rings (SSSR count). The number of halogens is 2. The highest BCUT2D eigenvalue weighted by Gasteiger charge is 2.16. The Balaban J connectivity index is 2.03. The Morgan fingerprint density at radius 2 is 2.33 bits per heavy atom.